The Hall–Kier alpha value is -3.08. The number of phenolic OH excluding ortho intramolecular Hbond substituents is 1. The van der Waals surface area contributed by atoms with Crippen molar-refractivity contribution in [2.24, 2.45) is 0 Å². The van der Waals surface area contributed by atoms with Crippen LogP contribution in [0.2, 0.25) is 0 Å². The van der Waals surface area contributed by atoms with E-state index >= 15 is 0 Å². The van der Waals surface area contributed by atoms with E-state index in [2.05, 4.69) is 15.5 Å². The summed E-state index contributed by atoms with van der Waals surface area (Å²) in [7, 11) is 0. The highest BCUT2D eigenvalue weighted by atomic mass is 16.3. The number of benzene rings is 2. The van der Waals surface area contributed by atoms with Gasteiger partial charge in [0.2, 0.25) is 0 Å². The van der Waals surface area contributed by atoms with E-state index in [0.717, 1.165) is 22.4 Å². The molecule has 0 bridgehead atoms. The molecule has 1 amide bonds. The number of aromatic amines is 1. The Morgan fingerprint density at radius 2 is 1.76 bits per heavy atom. The molecule has 0 unspecified atom stereocenters. The number of rotatable bonds is 3. The summed E-state index contributed by atoms with van der Waals surface area (Å²) in [6.45, 7) is 7.86. The van der Waals surface area contributed by atoms with Gasteiger partial charge in [-0.1, -0.05) is 12.1 Å². The first-order valence-electron chi connectivity index (χ1n) is 8.10. The number of hydrogen-bond donors (Lipinski definition) is 3. The zero-order chi connectivity index (χ0) is 18.1. The molecular weight excluding hydrogens is 314 g/mol. The predicted molar refractivity (Wildman–Crippen MR) is 99.0 cm³/mol. The van der Waals surface area contributed by atoms with Crippen LogP contribution in [0.1, 0.15) is 32.7 Å². The molecule has 0 radical (unpaired) electrons. The summed E-state index contributed by atoms with van der Waals surface area (Å²) in [5.74, 6) is -0.114. The van der Waals surface area contributed by atoms with Crippen LogP contribution in [0, 0.1) is 27.7 Å². The Kier molecular flexibility index (Phi) is 4.31. The maximum absolute atomic E-state index is 12.4. The summed E-state index contributed by atoms with van der Waals surface area (Å²) in [6, 6.07) is 11.1. The minimum atomic E-state index is -0.272. The minimum Gasteiger partial charge on any atom is -0.507 e. The fraction of sp³-hybridized carbons (Fsp3) is 0.200. The molecule has 3 rings (SSSR count). The van der Waals surface area contributed by atoms with Crippen LogP contribution in [0.3, 0.4) is 0 Å². The van der Waals surface area contributed by atoms with Gasteiger partial charge in [0.15, 0.2) is 0 Å². The fourth-order valence-corrected chi connectivity index (χ4v) is 2.86. The first-order valence-corrected chi connectivity index (χ1v) is 8.10. The summed E-state index contributed by atoms with van der Waals surface area (Å²) in [5.41, 5.74) is 6.42. The Balaban J connectivity index is 1.86. The van der Waals surface area contributed by atoms with Crippen LogP contribution in [0.5, 0.6) is 5.75 Å². The first kappa shape index (κ1) is 16.8. The van der Waals surface area contributed by atoms with Gasteiger partial charge < -0.3 is 10.4 Å². The monoisotopic (exact) mass is 335 g/mol. The largest absolute Gasteiger partial charge is 0.507 e. The summed E-state index contributed by atoms with van der Waals surface area (Å²) < 4.78 is 0. The van der Waals surface area contributed by atoms with E-state index in [4.69, 9.17) is 0 Å². The van der Waals surface area contributed by atoms with Crippen molar-refractivity contribution in [3.05, 3.63) is 64.3 Å². The molecule has 0 atom stereocenters. The number of carbonyl (C=O) groups excluding carboxylic acids is 1. The Labute approximate surface area is 146 Å². The molecule has 1 aromatic heterocycles. The van der Waals surface area contributed by atoms with Crippen LogP contribution < -0.4 is 5.32 Å². The minimum absolute atomic E-state index is 0.158. The van der Waals surface area contributed by atoms with Gasteiger partial charge in [0.25, 0.3) is 5.91 Å². The lowest BCUT2D eigenvalue weighted by atomic mass is 10.0. The van der Waals surface area contributed by atoms with Gasteiger partial charge in [-0.15, -0.1) is 0 Å². The molecule has 0 saturated carbocycles. The lowest BCUT2D eigenvalue weighted by Gasteiger charge is -2.07. The number of nitrogens with one attached hydrogen (secondary N) is 2. The fourth-order valence-electron chi connectivity index (χ4n) is 2.86. The molecule has 0 aliphatic heterocycles. The van der Waals surface area contributed by atoms with Crippen LogP contribution in [0.15, 0.2) is 36.4 Å². The third-order valence-corrected chi connectivity index (χ3v) is 4.30. The van der Waals surface area contributed by atoms with Crippen LogP contribution >= 0.6 is 0 Å². The number of aryl methyl sites for hydroxylation is 4. The molecule has 0 spiro atoms. The molecular formula is C20H21N3O2. The van der Waals surface area contributed by atoms with Crippen molar-refractivity contribution in [3.63, 3.8) is 0 Å². The highest BCUT2D eigenvalue weighted by Gasteiger charge is 2.16. The van der Waals surface area contributed by atoms with E-state index < -0.39 is 0 Å². The van der Waals surface area contributed by atoms with Crippen LogP contribution in [0.4, 0.5) is 5.69 Å². The zero-order valence-corrected chi connectivity index (χ0v) is 14.8. The molecule has 25 heavy (non-hydrogen) atoms. The molecule has 0 saturated heterocycles. The number of H-pyrrole nitrogens is 1. The molecule has 5 nitrogen and oxygen atoms in total. The van der Waals surface area contributed by atoms with Crippen molar-refractivity contribution < 1.29 is 9.90 Å². The third kappa shape index (κ3) is 3.40. The summed E-state index contributed by atoms with van der Waals surface area (Å²) in [4.78, 5) is 12.4. The summed E-state index contributed by atoms with van der Waals surface area (Å²) in [6.07, 6.45) is 0. The van der Waals surface area contributed by atoms with E-state index in [1.807, 2.05) is 52.0 Å². The smallest absolute Gasteiger partial charge is 0.273 e. The van der Waals surface area contributed by atoms with E-state index in [9.17, 15) is 9.90 Å². The Bertz CT molecular complexity index is 934. The molecule has 3 aromatic rings. The van der Waals surface area contributed by atoms with Gasteiger partial charge in [-0.2, -0.15) is 5.10 Å². The highest BCUT2D eigenvalue weighted by molar-refractivity contribution is 6.03. The Morgan fingerprint density at radius 3 is 2.44 bits per heavy atom. The van der Waals surface area contributed by atoms with Crippen molar-refractivity contribution in [1.82, 2.24) is 10.2 Å². The van der Waals surface area contributed by atoms with Gasteiger partial charge in [0.1, 0.15) is 11.4 Å². The van der Waals surface area contributed by atoms with Gasteiger partial charge in [0, 0.05) is 11.3 Å². The third-order valence-electron chi connectivity index (χ3n) is 4.30. The van der Waals surface area contributed by atoms with Crippen molar-refractivity contribution in [1.29, 1.82) is 0 Å². The summed E-state index contributed by atoms with van der Waals surface area (Å²) >= 11 is 0. The number of amides is 1. The normalized spacial score (nSPS) is 10.7. The van der Waals surface area contributed by atoms with E-state index in [1.54, 1.807) is 12.1 Å². The van der Waals surface area contributed by atoms with Gasteiger partial charge >= 0.3 is 0 Å². The summed E-state index contributed by atoms with van der Waals surface area (Å²) in [5, 5.41) is 20.0. The number of anilines is 1. The highest BCUT2D eigenvalue weighted by Crippen LogP contribution is 2.32. The maximum Gasteiger partial charge on any atom is 0.273 e. The Morgan fingerprint density at radius 1 is 1.00 bits per heavy atom. The predicted octanol–water partition coefficient (Wildman–Crippen LogP) is 4.27. The average Bonchev–Trinajstić information content (AvgIpc) is 2.99. The van der Waals surface area contributed by atoms with Crippen LogP contribution in [-0.2, 0) is 0 Å². The number of aromatic hydroxyl groups is 1. The van der Waals surface area contributed by atoms with Gasteiger partial charge in [-0.25, -0.2) is 0 Å². The number of carbonyl (C=O) groups is 1. The molecule has 0 aliphatic carbocycles. The first-order chi connectivity index (χ1) is 11.8. The topological polar surface area (TPSA) is 78.0 Å². The van der Waals surface area contributed by atoms with E-state index in [1.165, 1.54) is 5.56 Å². The van der Waals surface area contributed by atoms with Gasteiger partial charge in [0.05, 0.1) is 5.69 Å². The van der Waals surface area contributed by atoms with E-state index in [0.29, 0.717) is 17.0 Å². The maximum atomic E-state index is 12.4. The number of hydrogen-bond acceptors (Lipinski definition) is 3. The number of aromatic nitrogens is 2. The van der Waals surface area contributed by atoms with E-state index in [-0.39, 0.29) is 11.7 Å². The lowest BCUT2D eigenvalue weighted by molar-refractivity contribution is 0.102. The SMILES string of the molecule is Cc1cc(C)c(-c2cc(C(=O)Nc3ccc(C)c(C)c3)[nH]n2)c(O)c1. The van der Waals surface area contributed by atoms with Crippen molar-refractivity contribution in [2.45, 2.75) is 27.7 Å². The van der Waals surface area contributed by atoms with Gasteiger partial charge in [-0.3, -0.25) is 9.89 Å². The quantitative estimate of drug-likeness (QED) is 0.669. The van der Waals surface area contributed by atoms with Crippen molar-refractivity contribution >= 4 is 11.6 Å². The van der Waals surface area contributed by atoms with Crippen LogP contribution in [0.25, 0.3) is 11.3 Å². The zero-order valence-electron chi connectivity index (χ0n) is 14.8. The standard InChI is InChI=1S/C20H21N3O2/c1-11-7-14(4)19(18(24)8-11)16-10-17(23-22-16)20(25)21-15-6-5-12(2)13(3)9-15/h5-10,24H,1-4H3,(H,21,25)(H,22,23). The lowest BCUT2D eigenvalue weighted by Crippen LogP contribution is -2.12. The number of phenols is 1. The van der Waals surface area contributed by atoms with Crippen LogP contribution in [-0.4, -0.2) is 21.2 Å². The van der Waals surface area contributed by atoms with Crippen molar-refractivity contribution in [2.75, 3.05) is 5.32 Å². The molecule has 2 aromatic carbocycles. The molecule has 1 heterocycles. The van der Waals surface area contributed by atoms with Gasteiger partial charge in [-0.05, 0) is 74.2 Å². The molecule has 128 valence electrons. The van der Waals surface area contributed by atoms with Crippen molar-refractivity contribution in [3.8, 4) is 17.0 Å². The molecule has 0 fully saturated rings. The molecule has 3 N–H and O–H groups in total. The second-order valence-corrected chi connectivity index (χ2v) is 6.40. The second kappa shape index (κ2) is 6.43. The molecule has 5 heteroatoms. The molecule has 0 aliphatic rings. The number of nitrogens with zero attached hydrogens (tertiary/aromatic N) is 1. The second-order valence-electron chi connectivity index (χ2n) is 6.40. The average molecular weight is 335 g/mol.